The molecule has 88 valence electrons. The molecule has 1 aromatic carbocycles. The molecule has 0 aromatic heterocycles. The van der Waals surface area contributed by atoms with Gasteiger partial charge in [-0.2, -0.15) is 0 Å². The number of nitrogen functional groups attached to an aromatic ring is 1. The van der Waals surface area contributed by atoms with Gasteiger partial charge in [0.2, 0.25) is 0 Å². The predicted octanol–water partition coefficient (Wildman–Crippen LogP) is 1.82. The van der Waals surface area contributed by atoms with E-state index in [4.69, 9.17) is 5.73 Å². The number of hydrogen-bond donors (Lipinski definition) is 2. The fourth-order valence-electron chi connectivity index (χ4n) is 1.49. The number of nitrogens with zero attached hydrogens (tertiary/aromatic N) is 1. The molecule has 4 nitrogen and oxygen atoms in total. The fraction of sp³-hybridized carbons (Fsp3) is 0.417. The molecule has 0 saturated carbocycles. The molecule has 0 aliphatic heterocycles. The van der Waals surface area contributed by atoms with Crippen molar-refractivity contribution in [3.8, 4) is 0 Å². The van der Waals surface area contributed by atoms with Crippen molar-refractivity contribution >= 4 is 11.7 Å². The number of carbonyl (C=O) groups is 1. The molecular formula is C12H19N3O. The van der Waals surface area contributed by atoms with Gasteiger partial charge in [-0.05, 0) is 25.5 Å². The van der Waals surface area contributed by atoms with Gasteiger partial charge in [0.25, 0.3) is 0 Å². The number of amides is 2. The van der Waals surface area contributed by atoms with E-state index in [1.807, 2.05) is 38.1 Å². The average Bonchev–Trinajstić information content (AvgIpc) is 2.29. The number of para-hydroxylation sites is 1. The molecule has 1 aromatic rings. The van der Waals surface area contributed by atoms with Crippen LogP contribution in [-0.2, 0) is 6.54 Å². The van der Waals surface area contributed by atoms with Gasteiger partial charge < -0.3 is 16.0 Å². The molecule has 0 saturated heterocycles. The molecule has 0 aliphatic rings. The predicted molar refractivity (Wildman–Crippen MR) is 66.0 cm³/mol. The van der Waals surface area contributed by atoms with Crippen LogP contribution in [0.3, 0.4) is 0 Å². The van der Waals surface area contributed by atoms with Crippen LogP contribution < -0.4 is 11.1 Å². The second kappa shape index (κ2) is 6.00. The maximum Gasteiger partial charge on any atom is 0.317 e. The van der Waals surface area contributed by atoms with Crippen molar-refractivity contribution in [1.82, 2.24) is 10.2 Å². The van der Waals surface area contributed by atoms with E-state index in [9.17, 15) is 4.79 Å². The molecular weight excluding hydrogens is 202 g/mol. The van der Waals surface area contributed by atoms with E-state index in [1.54, 1.807) is 4.90 Å². The van der Waals surface area contributed by atoms with Crippen molar-refractivity contribution in [3.63, 3.8) is 0 Å². The zero-order valence-corrected chi connectivity index (χ0v) is 9.86. The van der Waals surface area contributed by atoms with Gasteiger partial charge in [0, 0.05) is 25.3 Å². The third-order valence-electron chi connectivity index (χ3n) is 2.54. The van der Waals surface area contributed by atoms with Crippen molar-refractivity contribution in [2.45, 2.75) is 20.4 Å². The van der Waals surface area contributed by atoms with Gasteiger partial charge in [0.1, 0.15) is 0 Å². The van der Waals surface area contributed by atoms with E-state index < -0.39 is 0 Å². The Morgan fingerprint density at radius 1 is 1.31 bits per heavy atom. The molecule has 3 N–H and O–H groups in total. The first-order valence-electron chi connectivity index (χ1n) is 5.55. The summed E-state index contributed by atoms with van der Waals surface area (Å²) in [6.07, 6.45) is 0. The Bertz CT molecular complexity index is 348. The normalized spacial score (nSPS) is 9.88. The van der Waals surface area contributed by atoms with Crippen LogP contribution in [0.2, 0.25) is 0 Å². The quantitative estimate of drug-likeness (QED) is 0.762. The van der Waals surface area contributed by atoms with E-state index in [1.165, 1.54) is 0 Å². The van der Waals surface area contributed by atoms with Crippen LogP contribution in [0.1, 0.15) is 19.4 Å². The van der Waals surface area contributed by atoms with E-state index in [0.717, 1.165) is 5.56 Å². The molecule has 0 aliphatic carbocycles. The Hall–Kier alpha value is -1.71. The monoisotopic (exact) mass is 221 g/mol. The molecule has 0 fully saturated rings. The first kappa shape index (κ1) is 12.4. The fourth-order valence-corrected chi connectivity index (χ4v) is 1.49. The van der Waals surface area contributed by atoms with E-state index >= 15 is 0 Å². The Balaban J connectivity index is 2.52. The summed E-state index contributed by atoms with van der Waals surface area (Å²) < 4.78 is 0. The number of benzene rings is 1. The summed E-state index contributed by atoms with van der Waals surface area (Å²) >= 11 is 0. The van der Waals surface area contributed by atoms with Crippen molar-refractivity contribution in [2.24, 2.45) is 0 Å². The lowest BCUT2D eigenvalue weighted by atomic mass is 10.2. The minimum absolute atomic E-state index is 0.0479. The third-order valence-corrected chi connectivity index (χ3v) is 2.54. The molecule has 0 atom stereocenters. The number of urea groups is 1. The third kappa shape index (κ3) is 3.15. The van der Waals surface area contributed by atoms with Gasteiger partial charge in [-0.25, -0.2) is 4.79 Å². The highest BCUT2D eigenvalue weighted by atomic mass is 16.2. The van der Waals surface area contributed by atoms with E-state index in [-0.39, 0.29) is 6.03 Å². The van der Waals surface area contributed by atoms with E-state index in [0.29, 0.717) is 25.3 Å². The molecule has 4 heteroatoms. The SMILES string of the molecule is CCN(CC)C(=O)NCc1ccccc1N. The average molecular weight is 221 g/mol. The minimum Gasteiger partial charge on any atom is -0.398 e. The summed E-state index contributed by atoms with van der Waals surface area (Å²) in [5.41, 5.74) is 7.44. The smallest absolute Gasteiger partial charge is 0.317 e. The number of nitrogens with one attached hydrogen (secondary N) is 1. The summed E-state index contributed by atoms with van der Waals surface area (Å²) in [5, 5.41) is 2.85. The second-order valence-electron chi connectivity index (χ2n) is 3.53. The molecule has 2 amide bonds. The maximum absolute atomic E-state index is 11.7. The van der Waals surface area contributed by atoms with Crippen LogP contribution in [0, 0.1) is 0 Å². The first-order valence-corrected chi connectivity index (χ1v) is 5.55. The van der Waals surface area contributed by atoms with Crippen molar-refractivity contribution in [3.05, 3.63) is 29.8 Å². The highest BCUT2D eigenvalue weighted by molar-refractivity contribution is 5.74. The molecule has 0 heterocycles. The highest BCUT2D eigenvalue weighted by Gasteiger charge is 2.08. The number of nitrogens with two attached hydrogens (primary N) is 1. The molecule has 1 rings (SSSR count). The molecule has 16 heavy (non-hydrogen) atoms. The van der Waals surface area contributed by atoms with E-state index in [2.05, 4.69) is 5.32 Å². The Morgan fingerprint density at radius 2 is 1.94 bits per heavy atom. The van der Waals surface area contributed by atoms with Crippen molar-refractivity contribution in [2.75, 3.05) is 18.8 Å². The van der Waals surface area contributed by atoms with Crippen LogP contribution >= 0.6 is 0 Å². The van der Waals surface area contributed by atoms with Gasteiger partial charge in [-0.3, -0.25) is 0 Å². The Morgan fingerprint density at radius 3 is 2.50 bits per heavy atom. The van der Waals surface area contributed by atoms with Crippen LogP contribution in [0.5, 0.6) is 0 Å². The van der Waals surface area contributed by atoms with Gasteiger partial charge in [-0.15, -0.1) is 0 Å². The van der Waals surface area contributed by atoms with Gasteiger partial charge in [-0.1, -0.05) is 18.2 Å². The maximum atomic E-state index is 11.7. The second-order valence-corrected chi connectivity index (χ2v) is 3.53. The lowest BCUT2D eigenvalue weighted by Gasteiger charge is -2.19. The lowest BCUT2D eigenvalue weighted by Crippen LogP contribution is -2.39. The number of anilines is 1. The summed E-state index contributed by atoms with van der Waals surface area (Å²) in [4.78, 5) is 13.4. The summed E-state index contributed by atoms with van der Waals surface area (Å²) in [6, 6.07) is 7.49. The zero-order valence-electron chi connectivity index (χ0n) is 9.86. The van der Waals surface area contributed by atoms with Crippen LogP contribution in [0.25, 0.3) is 0 Å². The molecule has 0 unspecified atom stereocenters. The summed E-state index contributed by atoms with van der Waals surface area (Å²) in [5.74, 6) is 0. The zero-order chi connectivity index (χ0) is 12.0. The van der Waals surface area contributed by atoms with Crippen molar-refractivity contribution < 1.29 is 4.79 Å². The molecule has 0 spiro atoms. The van der Waals surface area contributed by atoms with Crippen LogP contribution in [-0.4, -0.2) is 24.0 Å². The van der Waals surface area contributed by atoms with Gasteiger partial charge in [0.15, 0.2) is 0 Å². The largest absolute Gasteiger partial charge is 0.398 e. The lowest BCUT2D eigenvalue weighted by molar-refractivity contribution is 0.203. The van der Waals surface area contributed by atoms with Crippen LogP contribution in [0.15, 0.2) is 24.3 Å². The molecule has 0 radical (unpaired) electrons. The van der Waals surface area contributed by atoms with Crippen molar-refractivity contribution in [1.29, 1.82) is 0 Å². The first-order chi connectivity index (χ1) is 7.69. The topological polar surface area (TPSA) is 58.4 Å². The van der Waals surface area contributed by atoms with Crippen LogP contribution in [0.4, 0.5) is 10.5 Å². The highest BCUT2D eigenvalue weighted by Crippen LogP contribution is 2.09. The number of hydrogen-bond acceptors (Lipinski definition) is 2. The Kier molecular flexibility index (Phi) is 4.64. The Labute approximate surface area is 96.4 Å². The minimum atomic E-state index is -0.0479. The number of carbonyl (C=O) groups excluding carboxylic acids is 1. The van der Waals surface area contributed by atoms with Gasteiger partial charge in [0.05, 0.1) is 0 Å². The van der Waals surface area contributed by atoms with Gasteiger partial charge >= 0.3 is 6.03 Å². The number of rotatable bonds is 4. The summed E-state index contributed by atoms with van der Waals surface area (Å²) in [6.45, 7) is 5.82. The molecule has 0 bridgehead atoms. The summed E-state index contributed by atoms with van der Waals surface area (Å²) in [7, 11) is 0. The standard InChI is InChI=1S/C12H19N3O/c1-3-15(4-2)12(16)14-9-10-7-5-6-8-11(10)13/h5-8H,3-4,9,13H2,1-2H3,(H,14,16).